The van der Waals surface area contributed by atoms with Gasteiger partial charge in [0.05, 0.1) is 11.5 Å². The molecule has 0 heterocycles. The zero-order valence-electron chi connectivity index (χ0n) is 20.8. The summed E-state index contributed by atoms with van der Waals surface area (Å²) in [6, 6.07) is 7.49. The predicted molar refractivity (Wildman–Crippen MR) is 122 cm³/mol. The zero-order valence-corrected chi connectivity index (χ0v) is 20.8. The van der Waals surface area contributed by atoms with E-state index in [1.165, 1.54) is 6.92 Å². The second-order valence-corrected chi connectivity index (χ2v) is 11.4. The van der Waals surface area contributed by atoms with E-state index in [-0.39, 0.29) is 6.42 Å². The predicted octanol–water partition coefficient (Wildman–Crippen LogP) is 4.53. The second kappa shape index (κ2) is 8.97. The lowest BCUT2D eigenvalue weighted by atomic mass is 9.61. The van der Waals surface area contributed by atoms with Crippen molar-refractivity contribution in [1.29, 1.82) is 0 Å². The fourth-order valence-corrected chi connectivity index (χ4v) is 4.25. The van der Waals surface area contributed by atoms with Crippen LogP contribution in [0.1, 0.15) is 91.7 Å². The summed E-state index contributed by atoms with van der Waals surface area (Å²) in [5.41, 5.74) is -1.55. The van der Waals surface area contributed by atoms with E-state index >= 15 is 0 Å². The maximum Gasteiger partial charge on any atom is 0.317 e. The van der Waals surface area contributed by atoms with E-state index in [1.54, 1.807) is 41.5 Å². The molecule has 0 spiro atoms. The minimum absolute atomic E-state index is 0.295. The summed E-state index contributed by atoms with van der Waals surface area (Å²) >= 11 is 0. The van der Waals surface area contributed by atoms with Gasteiger partial charge >= 0.3 is 11.9 Å². The summed E-state index contributed by atoms with van der Waals surface area (Å²) in [7, 11) is 0. The van der Waals surface area contributed by atoms with Crippen molar-refractivity contribution < 1.29 is 29.0 Å². The Morgan fingerprint density at radius 1 is 0.969 bits per heavy atom. The summed E-state index contributed by atoms with van der Waals surface area (Å²) in [5.74, 6) is -4.70. The van der Waals surface area contributed by atoms with Gasteiger partial charge in [0.15, 0.2) is 5.78 Å². The molecule has 4 unspecified atom stereocenters. The lowest BCUT2D eigenvalue weighted by Gasteiger charge is -2.44. The molecule has 0 aromatic heterocycles. The summed E-state index contributed by atoms with van der Waals surface area (Å²) in [6.07, 6.45) is -0.332. The highest BCUT2D eigenvalue weighted by Gasteiger charge is 2.57. The molecule has 1 saturated carbocycles. The molecule has 0 saturated heterocycles. The molecule has 2 rings (SSSR count). The largest absolute Gasteiger partial charge is 0.460 e. The van der Waals surface area contributed by atoms with Crippen LogP contribution in [-0.2, 0) is 23.9 Å². The number of ketones is 1. The van der Waals surface area contributed by atoms with E-state index in [1.807, 2.05) is 24.3 Å². The minimum Gasteiger partial charge on any atom is -0.460 e. The second-order valence-electron chi connectivity index (χ2n) is 11.4. The first-order valence-corrected chi connectivity index (χ1v) is 11.2. The van der Waals surface area contributed by atoms with Gasteiger partial charge in [-0.1, -0.05) is 38.1 Å². The molecule has 1 aliphatic carbocycles. The SMILES string of the molecule is CC(C)c1ccc(C2C(C(=O)OC(C)(C)C)C(=O)CC(C)(O)C2C(=O)OC(C)(C)C)cc1. The van der Waals surface area contributed by atoms with E-state index in [4.69, 9.17) is 9.47 Å². The van der Waals surface area contributed by atoms with Gasteiger partial charge in [0, 0.05) is 12.3 Å². The van der Waals surface area contributed by atoms with Crippen LogP contribution >= 0.6 is 0 Å². The van der Waals surface area contributed by atoms with Gasteiger partial charge in [-0.3, -0.25) is 14.4 Å². The Labute approximate surface area is 191 Å². The third kappa shape index (κ3) is 6.18. The van der Waals surface area contributed by atoms with Crippen LogP contribution in [0.15, 0.2) is 24.3 Å². The molecule has 0 aliphatic heterocycles. The first-order valence-electron chi connectivity index (χ1n) is 11.2. The molecule has 1 fully saturated rings. The number of carbonyl (C=O) groups is 3. The summed E-state index contributed by atoms with van der Waals surface area (Å²) in [6.45, 7) is 16.0. The minimum atomic E-state index is -1.67. The van der Waals surface area contributed by atoms with Crippen LogP contribution in [0.2, 0.25) is 0 Å². The van der Waals surface area contributed by atoms with Gasteiger partial charge in [-0.05, 0) is 65.5 Å². The molecular formula is C26H38O6. The van der Waals surface area contributed by atoms with Crippen molar-refractivity contribution in [3.63, 3.8) is 0 Å². The number of hydrogen-bond acceptors (Lipinski definition) is 6. The van der Waals surface area contributed by atoms with Crippen molar-refractivity contribution in [2.24, 2.45) is 11.8 Å². The fourth-order valence-electron chi connectivity index (χ4n) is 4.25. The van der Waals surface area contributed by atoms with E-state index in [0.717, 1.165) is 5.56 Å². The van der Waals surface area contributed by atoms with E-state index in [2.05, 4.69) is 13.8 Å². The summed E-state index contributed by atoms with van der Waals surface area (Å²) in [5, 5.41) is 11.2. The van der Waals surface area contributed by atoms with Crippen molar-refractivity contribution in [3.8, 4) is 0 Å². The van der Waals surface area contributed by atoms with E-state index in [9.17, 15) is 19.5 Å². The lowest BCUT2D eigenvalue weighted by Crippen LogP contribution is -2.56. The zero-order chi connectivity index (χ0) is 24.6. The molecule has 6 heteroatoms. The van der Waals surface area contributed by atoms with Crippen LogP contribution in [-0.4, -0.2) is 39.6 Å². The molecule has 1 aromatic rings. The van der Waals surface area contributed by atoms with Gasteiger partial charge in [-0.15, -0.1) is 0 Å². The van der Waals surface area contributed by atoms with E-state index in [0.29, 0.717) is 11.5 Å². The first kappa shape index (κ1) is 26.0. The maximum atomic E-state index is 13.3. The molecule has 0 radical (unpaired) electrons. The number of carbonyl (C=O) groups excluding carboxylic acids is 3. The van der Waals surface area contributed by atoms with Crippen molar-refractivity contribution in [2.75, 3.05) is 0 Å². The Morgan fingerprint density at radius 2 is 1.44 bits per heavy atom. The first-order chi connectivity index (χ1) is 14.4. The third-order valence-corrected chi connectivity index (χ3v) is 5.58. The van der Waals surface area contributed by atoms with Gasteiger partial charge in [0.1, 0.15) is 17.1 Å². The van der Waals surface area contributed by atoms with Crippen LogP contribution in [0.3, 0.4) is 0 Å². The average Bonchev–Trinajstić information content (AvgIpc) is 2.56. The molecule has 0 bridgehead atoms. The molecule has 6 nitrogen and oxygen atoms in total. The number of hydrogen-bond donors (Lipinski definition) is 1. The van der Waals surface area contributed by atoms with E-state index < -0.39 is 52.3 Å². The van der Waals surface area contributed by atoms with Gasteiger partial charge in [-0.2, -0.15) is 0 Å². The summed E-state index contributed by atoms with van der Waals surface area (Å²) < 4.78 is 11.2. The number of rotatable bonds is 4. The number of benzene rings is 1. The van der Waals surface area contributed by atoms with Crippen molar-refractivity contribution in [3.05, 3.63) is 35.4 Å². The molecule has 1 N–H and O–H groups in total. The Bertz CT molecular complexity index is 852. The molecule has 178 valence electrons. The Hall–Kier alpha value is -2.21. The lowest BCUT2D eigenvalue weighted by molar-refractivity contribution is -0.182. The Balaban J connectivity index is 2.64. The maximum absolute atomic E-state index is 13.3. The Kier molecular flexibility index (Phi) is 7.30. The third-order valence-electron chi connectivity index (χ3n) is 5.58. The van der Waals surface area contributed by atoms with Crippen LogP contribution in [0.5, 0.6) is 0 Å². The number of aliphatic hydroxyl groups is 1. The topological polar surface area (TPSA) is 89.9 Å². The highest BCUT2D eigenvalue weighted by Crippen LogP contribution is 2.47. The van der Waals surface area contributed by atoms with Gasteiger partial charge < -0.3 is 14.6 Å². The fraction of sp³-hybridized carbons (Fsp3) is 0.654. The molecule has 0 amide bonds. The van der Waals surface area contributed by atoms with Crippen molar-refractivity contribution in [1.82, 2.24) is 0 Å². The smallest absolute Gasteiger partial charge is 0.317 e. The van der Waals surface area contributed by atoms with Crippen LogP contribution in [0.25, 0.3) is 0 Å². The van der Waals surface area contributed by atoms with Gasteiger partial charge in [0.25, 0.3) is 0 Å². The van der Waals surface area contributed by atoms with Crippen molar-refractivity contribution in [2.45, 2.75) is 97.4 Å². The molecule has 1 aliphatic rings. The van der Waals surface area contributed by atoms with Crippen molar-refractivity contribution >= 4 is 17.7 Å². The number of ether oxygens (including phenoxy) is 2. The monoisotopic (exact) mass is 446 g/mol. The molecule has 32 heavy (non-hydrogen) atoms. The van der Waals surface area contributed by atoms with Gasteiger partial charge in [-0.25, -0.2) is 0 Å². The molecule has 1 aromatic carbocycles. The number of esters is 2. The number of Topliss-reactive ketones (excluding diaryl/α,β-unsaturated/α-hetero) is 1. The summed E-state index contributed by atoms with van der Waals surface area (Å²) in [4.78, 5) is 39.6. The molecular weight excluding hydrogens is 408 g/mol. The molecule has 4 atom stereocenters. The van der Waals surface area contributed by atoms with Crippen LogP contribution in [0.4, 0.5) is 0 Å². The van der Waals surface area contributed by atoms with Gasteiger partial charge in [0.2, 0.25) is 0 Å². The standard InChI is InChI=1S/C26H38O6/c1-15(2)16-10-12-17(13-11-16)19-20(22(28)31-24(3,4)5)18(27)14-26(9,30)21(19)23(29)32-25(6,7)8/h10-13,15,19-21,30H,14H2,1-9H3. The highest BCUT2D eigenvalue weighted by atomic mass is 16.6. The van der Waals surface area contributed by atoms with Crippen LogP contribution < -0.4 is 0 Å². The van der Waals surface area contributed by atoms with Crippen LogP contribution in [0, 0.1) is 11.8 Å². The highest BCUT2D eigenvalue weighted by molar-refractivity contribution is 6.03. The Morgan fingerprint density at radius 3 is 1.88 bits per heavy atom. The quantitative estimate of drug-likeness (QED) is 0.540. The normalized spacial score (nSPS) is 26.7. The average molecular weight is 447 g/mol.